The summed E-state index contributed by atoms with van der Waals surface area (Å²) in [5.41, 5.74) is 13.2. The Hall–Kier alpha value is -4.89. The number of aromatic amines is 1. The van der Waals surface area contributed by atoms with E-state index in [-0.39, 0.29) is 5.41 Å². The van der Waals surface area contributed by atoms with Crippen molar-refractivity contribution in [2.45, 2.75) is 19.3 Å². The fraction of sp³-hybridized carbons (Fsp3) is 0.0833. The molecule has 0 fully saturated rings. The van der Waals surface area contributed by atoms with E-state index in [1.165, 1.54) is 49.5 Å². The molecule has 5 aromatic carbocycles. The van der Waals surface area contributed by atoms with E-state index in [0.717, 1.165) is 33.2 Å². The molecule has 0 saturated heterocycles. The van der Waals surface area contributed by atoms with Crippen molar-refractivity contribution in [1.29, 1.82) is 0 Å². The number of fused-ring (bicyclic) bond motifs is 13. The third kappa shape index (κ3) is 2.55. The molecule has 3 nitrogen and oxygen atoms in total. The minimum Gasteiger partial charge on any atom is -0.339 e. The molecule has 0 aliphatic heterocycles. The van der Waals surface area contributed by atoms with Gasteiger partial charge >= 0.3 is 0 Å². The number of H-pyrrole nitrogens is 1. The molecule has 184 valence electrons. The largest absolute Gasteiger partial charge is 0.339 e. The van der Waals surface area contributed by atoms with Crippen LogP contribution in [-0.2, 0) is 5.41 Å². The normalized spacial score (nSPS) is 14.1. The van der Waals surface area contributed by atoms with E-state index in [1.54, 1.807) is 0 Å². The molecule has 9 rings (SSSR count). The number of nitrogens with one attached hydrogen (secondary N) is 1. The van der Waals surface area contributed by atoms with Crippen LogP contribution in [0.5, 0.6) is 0 Å². The Morgan fingerprint density at radius 1 is 0.615 bits per heavy atom. The minimum absolute atomic E-state index is 0.0450. The van der Waals surface area contributed by atoms with Crippen molar-refractivity contribution in [3.63, 3.8) is 0 Å². The van der Waals surface area contributed by atoms with Crippen LogP contribution in [0.1, 0.15) is 25.0 Å². The third-order valence-corrected chi connectivity index (χ3v) is 8.93. The van der Waals surface area contributed by atoms with Crippen molar-refractivity contribution in [2.24, 2.45) is 0 Å². The van der Waals surface area contributed by atoms with Crippen LogP contribution in [0.25, 0.3) is 71.6 Å². The van der Waals surface area contributed by atoms with Crippen LogP contribution in [0, 0.1) is 0 Å². The van der Waals surface area contributed by atoms with Crippen molar-refractivity contribution >= 4 is 49.4 Å². The van der Waals surface area contributed by atoms with Crippen LogP contribution in [0.3, 0.4) is 0 Å². The lowest BCUT2D eigenvalue weighted by Crippen LogP contribution is -2.14. The van der Waals surface area contributed by atoms with Crippen LogP contribution in [0.15, 0.2) is 109 Å². The summed E-state index contributed by atoms with van der Waals surface area (Å²) in [5.74, 6) is 0. The van der Waals surface area contributed by atoms with Crippen molar-refractivity contribution in [1.82, 2.24) is 14.4 Å². The molecule has 1 aliphatic carbocycles. The van der Waals surface area contributed by atoms with Gasteiger partial charge in [0.1, 0.15) is 16.8 Å². The van der Waals surface area contributed by atoms with Gasteiger partial charge in [0.25, 0.3) is 0 Å². The predicted molar refractivity (Wildman–Crippen MR) is 163 cm³/mol. The molecule has 8 aromatic rings. The average molecular weight is 500 g/mol. The van der Waals surface area contributed by atoms with Crippen LogP contribution >= 0.6 is 0 Å². The Morgan fingerprint density at radius 3 is 2.21 bits per heavy atom. The highest BCUT2D eigenvalue weighted by atomic mass is 15.1. The van der Waals surface area contributed by atoms with Gasteiger partial charge in [0.15, 0.2) is 0 Å². The zero-order valence-corrected chi connectivity index (χ0v) is 21.8. The summed E-state index contributed by atoms with van der Waals surface area (Å²) in [7, 11) is 0. The standard InChI is InChI=1S/C36H25N3/c1-36(2)27-17-6-3-12-25(27)31-23(16-10-18-28(31)36)24-15-9-14-22-21-11-5-8-20-30(21)39-34(32(22)24)38-33-26-13-4-7-19-29(26)37-35(33)39/h3-20,37H,1-2H3. The SMILES string of the molecule is CC1(C)c2ccccc2-c2c(-c3cccc4c5ccccc5n5c(nc6c7ccccc7[nH]c65)c34)cccc21. The average Bonchev–Trinajstić information content (AvgIpc) is 3.60. The molecule has 3 aromatic heterocycles. The molecule has 0 amide bonds. The second-order valence-corrected chi connectivity index (χ2v) is 11.3. The van der Waals surface area contributed by atoms with Gasteiger partial charge in [0, 0.05) is 27.1 Å². The molecular formula is C36H25N3. The number of nitrogens with zero attached hydrogens (tertiary/aromatic N) is 2. The van der Waals surface area contributed by atoms with E-state index >= 15 is 0 Å². The first kappa shape index (κ1) is 21.1. The van der Waals surface area contributed by atoms with Crippen LogP contribution in [-0.4, -0.2) is 14.4 Å². The molecule has 1 N–H and O–H groups in total. The number of para-hydroxylation sites is 2. The molecule has 0 saturated carbocycles. The predicted octanol–water partition coefficient (Wildman–Crippen LogP) is 9.25. The zero-order chi connectivity index (χ0) is 25.9. The number of imidazole rings is 1. The Bertz CT molecular complexity index is 2310. The highest BCUT2D eigenvalue weighted by Gasteiger charge is 2.36. The van der Waals surface area contributed by atoms with Gasteiger partial charge < -0.3 is 4.98 Å². The van der Waals surface area contributed by atoms with Crippen molar-refractivity contribution in [3.05, 3.63) is 120 Å². The van der Waals surface area contributed by atoms with Crippen LogP contribution < -0.4 is 0 Å². The van der Waals surface area contributed by atoms with E-state index < -0.39 is 0 Å². The van der Waals surface area contributed by atoms with Gasteiger partial charge in [-0.25, -0.2) is 4.98 Å². The summed E-state index contributed by atoms with van der Waals surface area (Å²) in [6.45, 7) is 4.69. The smallest absolute Gasteiger partial charge is 0.148 e. The van der Waals surface area contributed by atoms with Crippen LogP contribution in [0.2, 0.25) is 0 Å². The summed E-state index contributed by atoms with van der Waals surface area (Å²) < 4.78 is 2.33. The molecule has 0 unspecified atom stereocenters. The number of aromatic nitrogens is 3. The Balaban J connectivity index is 1.50. The van der Waals surface area contributed by atoms with E-state index in [2.05, 4.69) is 132 Å². The Kier molecular flexibility index (Phi) is 3.86. The Labute approximate surface area is 225 Å². The third-order valence-electron chi connectivity index (χ3n) is 8.93. The van der Waals surface area contributed by atoms with E-state index in [1.807, 2.05) is 0 Å². The lowest BCUT2D eigenvalue weighted by Gasteiger charge is -2.21. The zero-order valence-electron chi connectivity index (χ0n) is 21.8. The Morgan fingerprint density at radius 2 is 1.28 bits per heavy atom. The minimum atomic E-state index is -0.0450. The molecule has 0 bridgehead atoms. The summed E-state index contributed by atoms with van der Waals surface area (Å²) in [6.07, 6.45) is 0. The first-order valence-corrected chi connectivity index (χ1v) is 13.6. The molecular weight excluding hydrogens is 474 g/mol. The number of rotatable bonds is 1. The van der Waals surface area contributed by atoms with Gasteiger partial charge in [-0.05, 0) is 50.9 Å². The fourth-order valence-electron chi connectivity index (χ4n) is 7.17. The highest BCUT2D eigenvalue weighted by Crippen LogP contribution is 2.53. The van der Waals surface area contributed by atoms with Gasteiger partial charge in [-0.1, -0.05) is 111 Å². The first-order valence-electron chi connectivity index (χ1n) is 13.6. The van der Waals surface area contributed by atoms with Gasteiger partial charge in [-0.3, -0.25) is 4.40 Å². The molecule has 0 atom stereocenters. The number of hydrogen-bond acceptors (Lipinski definition) is 1. The summed E-state index contributed by atoms with van der Waals surface area (Å²) in [5, 5.41) is 4.81. The second-order valence-electron chi connectivity index (χ2n) is 11.3. The fourth-order valence-corrected chi connectivity index (χ4v) is 7.17. The lowest BCUT2D eigenvalue weighted by molar-refractivity contribution is 0.660. The maximum atomic E-state index is 5.37. The number of benzene rings is 5. The van der Waals surface area contributed by atoms with Gasteiger partial charge in [0.05, 0.1) is 5.52 Å². The van der Waals surface area contributed by atoms with E-state index in [4.69, 9.17) is 4.98 Å². The lowest BCUT2D eigenvalue weighted by atomic mass is 9.82. The van der Waals surface area contributed by atoms with Crippen molar-refractivity contribution < 1.29 is 0 Å². The van der Waals surface area contributed by atoms with Crippen LogP contribution in [0.4, 0.5) is 0 Å². The molecule has 3 heterocycles. The summed E-state index contributed by atoms with van der Waals surface area (Å²) >= 11 is 0. The monoisotopic (exact) mass is 499 g/mol. The van der Waals surface area contributed by atoms with E-state index in [9.17, 15) is 0 Å². The quantitative estimate of drug-likeness (QED) is 0.224. The first-order chi connectivity index (χ1) is 19.1. The second kappa shape index (κ2) is 7.15. The molecule has 1 aliphatic rings. The summed E-state index contributed by atoms with van der Waals surface area (Å²) in [6, 6.07) is 39.6. The molecule has 0 radical (unpaired) electrons. The molecule has 0 spiro atoms. The number of hydrogen-bond donors (Lipinski definition) is 1. The molecule has 3 heteroatoms. The van der Waals surface area contributed by atoms with Crippen molar-refractivity contribution in [2.75, 3.05) is 0 Å². The highest BCUT2D eigenvalue weighted by molar-refractivity contribution is 6.20. The maximum absolute atomic E-state index is 5.37. The summed E-state index contributed by atoms with van der Waals surface area (Å²) in [4.78, 5) is 9.05. The van der Waals surface area contributed by atoms with Crippen molar-refractivity contribution in [3.8, 4) is 22.3 Å². The van der Waals surface area contributed by atoms with Gasteiger partial charge in [-0.2, -0.15) is 0 Å². The molecule has 39 heavy (non-hydrogen) atoms. The van der Waals surface area contributed by atoms with Gasteiger partial charge in [0.2, 0.25) is 0 Å². The topological polar surface area (TPSA) is 33.1 Å². The number of pyridine rings is 1. The van der Waals surface area contributed by atoms with Gasteiger partial charge in [-0.15, -0.1) is 0 Å². The van der Waals surface area contributed by atoms with E-state index in [0.29, 0.717) is 0 Å². The maximum Gasteiger partial charge on any atom is 0.148 e.